The van der Waals surface area contributed by atoms with E-state index < -0.39 is 8.80 Å². The van der Waals surface area contributed by atoms with Crippen molar-refractivity contribution in [2.75, 3.05) is 38.1 Å². The molecule has 0 aliphatic rings. The first-order valence-corrected chi connectivity index (χ1v) is 11.3. The molecule has 1 amide bonds. The van der Waals surface area contributed by atoms with Crippen LogP contribution in [0.4, 0.5) is 17.1 Å². The molecule has 0 bridgehead atoms. The van der Waals surface area contributed by atoms with Gasteiger partial charge >= 0.3 is 8.80 Å². The van der Waals surface area contributed by atoms with Crippen LogP contribution in [-0.4, -0.2) is 42.6 Å². The van der Waals surface area contributed by atoms with E-state index in [0.717, 1.165) is 30.0 Å². The van der Waals surface area contributed by atoms with E-state index in [1.807, 2.05) is 42.5 Å². The number of rotatable bonds is 11. The molecule has 2 rings (SSSR count). The van der Waals surface area contributed by atoms with Crippen LogP contribution in [0.1, 0.15) is 13.3 Å². The molecule has 6 nitrogen and oxygen atoms in total. The predicted octanol–water partition coefficient (Wildman–Crippen LogP) is 5.19. The fraction of sp³-hybridized carbons (Fsp3) is 0.318. The third kappa shape index (κ3) is 6.51. The molecular formula is C22H31BrN2O4Si. The molecule has 1 atom stereocenters. The highest BCUT2D eigenvalue weighted by atomic mass is 79.9. The molecule has 0 saturated carbocycles. The third-order valence-electron chi connectivity index (χ3n) is 4.94. The minimum atomic E-state index is -2.70. The van der Waals surface area contributed by atoms with Gasteiger partial charge in [-0.2, -0.15) is 0 Å². The monoisotopic (exact) mass is 494 g/mol. The lowest BCUT2D eigenvalue weighted by Gasteiger charge is -2.32. The predicted molar refractivity (Wildman–Crippen MR) is 130 cm³/mol. The molecule has 8 heteroatoms. The van der Waals surface area contributed by atoms with Crippen molar-refractivity contribution in [3.63, 3.8) is 0 Å². The standard InChI is InChI=1S/C22H30N2O4Si.BrH/c1-6-22(25)23-19-12-14-21(15-13-19)24(20-10-8-7-9-11-20)17-16-18(2)29(26-3,27-4)28-5;/h6-15,18H,1,16-17H2,2-5H3,(H,23,25);1H. The Bertz CT molecular complexity index is 777. The van der Waals surface area contributed by atoms with Gasteiger partial charge < -0.3 is 23.5 Å². The van der Waals surface area contributed by atoms with Gasteiger partial charge in [-0.15, -0.1) is 17.0 Å². The summed E-state index contributed by atoms with van der Waals surface area (Å²) in [4.78, 5) is 13.7. The van der Waals surface area contributed by atoms with Crippen molar-refractivity contribution in [1.29, 1.82) is 0 Å². The molecule has 0 radical (unpaired) electrons. The number of hydrogen-bond donors (Lipinski definition) is 1. The van der Waals surface area contributed by atoms with Crippen LogP contribution in [0.2, 0.25) is 5.54 Å². The number of anilines is 3. The van der Waals surface area contributed by atoms with Gasteiger partial charge in [0.1, 0.15) is 0 Å². The molecule has 164 valence electrons. The average Bonchev–Trinajstić information content (AvgIpc) is 2.77. The van der Waals surface area contributed by atoms with Crippen molar-refractivity contribution in [3.05, 3.63) is 67.3 Å². The minimum absolute atomic E-state index is 0. The smallest absolute Gasteiger partial charge is 0.377 e. The SMILES string of the molecule is Br.C=CC(=O)Nc1ccc(N(CCC(C)[Si](OC)(OC)OC)c2ccccc2)cc1. The number of carbonyl (C=O) groups excluding carboxylic acids is 1. The van der Waals surface area contributed by atoms with E-state index in [2.05, 4.69) is 35.9 Å². The minimum Gasteiger partial charge on any atom is -0.377 e. The van der Waals surface area contributed by atoms with Crippen molar-refractivity contribution in [2.24, 2.45) is 0 Å². The molecule has 0 fully saturated rings. The van der Waals surface area contributed by atoms with Crippen LogP contribution < -0.4 is 10.2 Å². The van der Waals surface area contributed by atoms with Gasteiger partial charge in [0.05, 0.1) is 0 Å². The summed E-state index contributed by atoms with van der Waals surface area (Å²) in [7, 11) is 2.21. The second kappa shape index (κ2) is 12.7. The normalized spacial score (nSPS) is 11.9. The number of benzene rings is 2. The fourth-order valence-corrected chi connectivity index (χ4v) is 5.48. The molecule has 0 aliphatic heterocycles. The number of nitrogens with zero attached hydrogens (tertiary/aromatic N) is 1. The summed E-state index contributed by atoms with van der Waals surface area (Å²) in [5, 5.41) is 2.77. The first-order chi connectivity index (χ1) is 14.0. The zero-order valence-corrected chi connectivity index (χ0v) is 20.7. The van der Waals surface area contributed by atoms with Crippen LogP contribution in [-0.2, 0) is 18.1 Å². The third-order valence-corrected chi connectivity index (χ3v) is 8.15. The van der Waals surface area contributed by atoms with Gasteiger partial charge in [0.2, 0.25) is 5.91 Å². The van der Waals surface area contributed by atoms with Crippen LogP contribution in [0, 0.1) is 0 Å². The molecule has 0 spiro atoms. The number of amides is 1. The van der Waals surface area contributed by atoms with Gasteiger partial charge in [-0.1, -0.05) is 31.7 Å². The van der Waals surface area contributed by atoms with Crippen LogP contribution >= 0.6 is 17.0 Å². The highest BCUT2D eigenvalue weighted by Gasteiger charge is 2.44. The van der Waals surface area contributed by atoms with E-state index >= 15 is 0 Å². The van der Waals surface area contributed by atoms with E-state index in [0.29, 0.717) is 0 Å². The Kier molecular flexibility index (Phi) is 11.0. The Morgan fingerprint density at radius 2 is 1.57 bits per heavy atom. The first-order valence-electron chi connectivity index (χ1n) is 9.51. The fourth-order valence-electron chi connectivity index (χ4n) is 3.29. The molecular weight excluding hydrogens is 464 g/mol. The molecule has 0 aliphatic carbocycles. The molecule has 2 aromatic carbocycles. The Morgan fingerprint density at radius 3 is 2.07 bits per heavy atom. The largest absolute Gasteiger partial charge is 0.503 e. The summed E-state index contributed by atoms with van der Waals surface area (Å²) in [6.45, 7) is 6.33. The summed E-state index contributed by atoms with van der Waals surface area (Å²) in [5.74, 6) is -0.230. The maximum atomic E-state index is 11.5. The van der Waals surface area contributed by atoms with E-state index in [9.17, 15) is 4.79 Å². The summed E-state index contributed by atoms with van der Waals surface area (Å²) in [6.07, 6.45) is 2.08. The number of carbonyl (C=O) groups is 1. The van der Waals surface area contributed by atoms with E-state index in [1.165, 1.54) is 6.08 Å². The number of halogens is 1. The van der Waals surface area contributed by atoms with Crippen LogP contribution in [0.15, 0.2) is 67.3 Å². The maximum absolute atomic E-state index is 11.5. The number of hydrogen-bond acceptors (Lipinski definition) is 5. The van der Waals surface area contributed by atoms with Crippen molar-refractivity contribution in [3.8, 4) is 0 Å². The molecule has 30 heavy (non-hydrogen) atoms. The van der Waals surface area contributed by atoms with Crippen LogP contribution in [0.5, 0.6) is 0 Å². The summed E-state index contributed by atoms with van der Waals surface area (Å²) in [6, 6.07) is 17.9. The summed E-state index contributed by atoms with van der Waals surface area (Å²) >= 11 is 0. The van der Waals surface area contributed by atoms with Gasteiger partial charge in [0.25, 0.3) is 0 Å². The topological polar surface area (TPSA) is 60.0 Å². The summed E-state index contributed by atoms with van der Waals surface area (Å²) < 4.78 is 16.9. The zero-order valence-electron chi connectivity index (χ0n) is 18.0. The Morgan fingerprint density at radius 1 is 1.03 bits per heavy atom. The van der Waals surface area contributed by atoms with Gasteiger partial charge in [-0.05, 0) is 48.9 Å². The van der Waals surface area contributed by atoms with Crippen LogP contribution in [0.25, 0.3) is 0 Å². The van der Waals surface area contributed by atoms with Crippen molar-refractivity contribution in [2.45, 2.75) is 18.9 Å². The van der Waals surface area contributed by atoms with E-state index in [4.69, 9.17) is 13.3 Å². The number of para-hydroxylation sites is 1. The van der Waals surface area contributed by atoms with Gasteiger partial charge in [-0.25, -0.2) is 0 Å². The van der Waals surface area contributed by atoms with Crippen molar-refractivity contribution >= 4 is 48.8 Å². The Balaban J connectivity index is 0.00000450. The van der Waals surface area contributed by atoms with Gasteiger partial charge in [-0.3, -0.25) is 4.79 Å². The average molecular weight is 495 g/mol. The molecule has 0 saturated heterocycles. The second-order valence-electron chi connectivity index (χ2n) is 6.63. The molecule has 1 N–H and O–H groups in total. The lowest BCUT2D eigenvalue weighted by atomic mass is 10.2. The van der Waals surface area contributed by atoms with Crippen LogP contribution in [0.3, 0.4) is 0 Å². The van der Waals surface area contributed by atoms with Crippen molar-refractivity contribution in [1.82, 2.24) is 0 Å². The molecule has 0 heterocycles. The van der Waals surface area contributed by atoms with Gasteiger partial charge in [0, 0.05) is 50.5 Å². The maximum Gasteiger partial charge on any atom is 0.503 e. The quantitative estimate of drug-likeness (QED) is 0.344. The van der Waals surface area contributed by atoms with E-state index in [1.54, 1.807) is 21.3 Å². The highest BCUT2D eigenvalue weighted by molar-refractivity contribution is 8.93. The Hall–Kier alpha value is -1.97. The second-order valence-corrected chi connectivity index (χ2v) is 10.1. The van der Waals surface area contributed by atoms with E-state index in [-0.39, 0.29) is 28.4 Å². The highest BCUT2D eigenvalue weighted by Crippen LogP contribution is 2.31. The summed E-state index contributed by atoms with van der Waals surface area (Å²) in [5.41, 5.74) is 2.96. The first kappa shape index (κ1) is 26.1. The molecule has 0 aromatic heterocycles. The van der Waals surface area contributed by atoms with Gasteiger partial charge in [0.15, 0.2) is 0 Å². The molecule has 2 aromatic rings. The lowest BCUT2D eigenvalue weighted by molar-refractivity contribution is -0.111. The Labute approximate surface area is 191 Å². The lowest BCUT2D eigenvalue weighted by Crippen LogP contribution is -2.47. The number of nitrogens with one attached hydrogen (secondary N) is 1. The molecule has 1 unspecified atom stereocenters. The zero-order chi connectivity index (χ0) is 21.3. The van der Waals surface area contributed by atoms with Crippen molar-refractivity contribution < 1.29 is 18.1 Å².